The van der Waals surface area contributed by atoms with E-state index >= 15 is 0 Å². The van der Waals surface area contributed by atoms with Gasteiger partial charge in [-0.2, -0.15) is 0 Å². The normalized spacial score (nSPS) is 35.0. The predicted octanol–water partition coefficient (Wildman–Crippen LogP) is -1.36. The Kier molecular flexibility index (Phi) is 3.82. The number of hydrogen-bond acceptors (Lipinski definition) is 6. The number of aliphatic hydroxyl groups excluding tert-OH is 2. The van der Waals surface area contributed by atoms with Crippen molar-refractivity contribution in [2.45, 2.75) is 31.5 Å². The van der Waals surface area contributed by atoms with Crippen LogP contribution in [0.4, 0.5) is 0 Å². The van der Waals surface area contributed by atoms with E-state index in [1.807, 2.05) is 0 Å². The summed E-state index contributed by atoms with van der Waals surface area (Å²) in [5.41, 5.74) is 0. The molecule has 4 atom stereocenters. The van der Waals surface area contributed by atoms with Gasteiger partial charge in [0.1, 0.15) is 6.10 Å². The number of hydrogen-bond donors (Lipinski definition) is 2. The standard InChI is InChI=1S/C8H14O6/c1-4(9)6-8(11)13-3-5(14-6)7(10)12-2/h4-6,8-9,11H,3H2,1-2H3. The van der Waals surface area contributed by atoms with Gasteiger partial charge in [-0.05, 0) is 6.92 Å². The molecular weight excluding hydrogens is 192 g/mol. The molecule has 4 unspecified atom stereocenters. The minimum absolute atomic E-state index is 0.0724. The maximum absolute atomic E-state index is 11.1. The van der Waals surface area contributed by atoms with Gasteiger partial charge in [0, 0.05) is 0 Å². The molecule has 0 aliphatic carbocycles. The van der Waals surface area contributed by atoms with Crippen molar-refractivity contribution >= 4 is 5.97 Å². The highest BCUT2D eigenvalue weighted by molar-refractivity contribution is 5.74. The number of methoxy groups -OCH3 is 1. The summed E-state index contributed by atoms with van der Waals surface area (Å²) in [6.45, 7) is 1.37. The summed E-state index contributed by atoms with van der Waals surface area (Å²) in [5.74, 6) is -0.581. The highest BCUT2D eigenvalue weighted by atomic mass is 16.7. The number of rotatable bonds is 2. The molecule has 2 N–H and O–H groups in total. The van der Waals surface area contributed by atoms with E-state index in [0.29, 0.717) is 0 Å². The van der Waals surface area contributed by atoms with Crippen LogP contribution >= 0.6 is 0 Å². The smallest absolute Gasteiger partial charge is 0.337 e. The van der Waals surface area contributed by atoms with Gasteiger partial charge >= 0.3 is 5.97 Å². The van der Waals surface area contributed by atoms with E-state index in [1.54, 1.807) is 0 Å². The van der Waals surface area contributed by atoms with E-state index in [4.69, 9.17) is 9.47 Å². The second kappa shape index (κ2) is 4.70. The van der Waals surface area contributed by atoms with E-state index in [1.165, 1.54) is 14.0 Å². The SMILES string of the molecule is COC(=O)C1COC(O)C(C(C)O)O1. The average molecular weight is 206 g/mol. The van der Waals surface area contributed by atoms with Crippen LogP contribution in [0, 0.1) is 0 Å². The Morgan fingerprint density at radius 1 is 1.64 bits per heavy atom. The molecule has 0 saturated carbocycles. The summed E-state index contributed by atoms with van der Waals surface area (Å²) >= 11 is 0. The van der Waals surface area contributed by atoms with Crippen LogP contribution in [-0.2, 0) is 19.0 Å². The molecule has 1 rings (SSSR count). The first-order valence-corrected chi connectivity index (χ1v) is 4.27. The molecule has 0 bridgehead atoms. The Balaban J connectivity index is 2.57. The molecule has 1 fully saturated rings. The number of ether oxygens (including phenoxy) is 3. The van der Waals surface area contributed by atoms with Crippen LogP contribution in [-0.4, -0.2) is 54.5 Å². The van der Waals surface area contributed by atoms with Gasteiger partial charge in [0.05, 0.1) is 19.8 Å². The summed E-state index contributed by atoms with van der Waals surface area (Å²) in [6.07, 6.45) is -3.94. The predicted molar refractivity (Wildman–Crippen MR) is 44.3 cm³/mol. The Hall–Kier alpha value is -0.690. The van der Waals surface area contributed by atoms with Gasteiger partial charge < -0.3 is 24.4 Å². The molecule has 14 heavy (non-hydrogen) atoms. The number of esters is 1. The fraction of sp³-hybridized carbons (Fsp3) is 0.875. The second-order valence-corrected chi connectivity index (χ2v) is 3.08. The third-order valence-corrected chi connectivity index (χ3v) is 1.96. The molecular formula is C8H14O6. The fourth-order valence-corrected chi connectivity index (χ4v) is 1.18. The minimum atomic E-state index is -1.21. The van der Waals surface area contributed by atoms with E-state index in [0.717, 1.165) is 0 Å². The molecule has 6 heteroatoms. The topological polar surface area (TPSA) is 85.2 Å². The van der Waals surface area contributed by atoms with Crippen molar-refractivity contribution in [2.75, 3.05) is 13.7 Å². The van der Waals surface area contributed by atoms with Crippen molar-refractivity contribution in [1.82, 2.24) is 0 Å². The third kappa shape index (κ3) is 2.42. The van der Waals surface area contributed by atoms with Crippen molar-refractivity contribution in [3.05, 3.63) is 0 Å². The quantitative estimate of drug-likeness (QED) is 0.543. The maximum atomic E-state index is 11.1. The summed E-state index contributed by atoms with van der Waals surface area (Å²) < 4.78 is 14.4. The molecule has 0 aromatic heterocycles. The van der Waals surface area contributed by atoms with E-state index in [9.17, 15) is 15.0 Å². The van der Waals surface area contributed by atoms with Gasteiger partial charge in [0.15, 0.2) is 12.4 Å². The molecule has 1 aliphatic rings. The zero-order valence-electron chi connectivity index (χ0n) is 8.04. The fourth-order valence-electron chi connectivity index (χ4n) is 1.18. The Labute approximate surface area is 81.4 Å². The molecule has 0 amide bonds. The lowest BCUT2D eigenvalue weighted by atomic mass is 10.2. The highest BCUT2D eigenvalue weighted by Crippen LogP contribution is 2.16. The molecule has 1 aliphatic heterocycles. The van der Waals surface area contributed by atoms with Crippen LogP contribution in [0.1, 0.15) is 6.92 Å². The molecule has 0 radical (unpaired) electrons. The zero-order valence-corrected chi connectivity index (χ0v) is 8.04. The molecule has 0 aromatic carbocycles. The first-order valence-electron chi connectivity index (χ1n) is 4.27. The molecule has 1 heterocycles. The molecule has 0 spiro atoms. The van der Waals surface area contributed by atoms with Crippen molar-refractivity contribution in [3.8, 4) is 0 Å². The van der Waals surface area contributed by atoms with Crippen molar-refractivity contribution < 1.29 is 29.2 Å². The molecule has 1 saturated heterocycles. The van der Waals surface area contributed by atoms with Crippen LogP contribution in [0.2, 0.25) is 0 Å². The van der Waals surface area contributed by atoms with E-state index in [2.05, 4.69) is 4.74 Å². The Bertz CT molecular complexity index is 204. The van der Waals surface area contributed by atoms with Gasteiger partial charge in [0.2, 0.25) is 0 Å². The van der Waals surface area contributed by atoms with E-state index in [-0.39, 0.29) is 6.61 Å². The van der Waals surface area contributed by atoms with Gasteiger partial charge in [-0.25, -0.2) is 4.79 Å². The van der Waals surface area contributed by atoms with Gasteiger partial charge in [-0.3, -0.25) is 0 Å². The lowest BCUT2D eigenvalue weighted by Gasteiger charge is -2.33. The van der Waals surface area contributed by atoms with Crippen LogP contribution in [0.15, 0.2) is 0 Å². The van der Waals surface area contributed by atoms with Crippen molar-refractivity contribution in [3.63, 3.8) is 0 Å². The number of aliphatic hydroxyl groups is 2. The monoisotopic (exact) mass is 206 g/mol. The van der Waals surface area contributed by atoms with Crippen molar-refractivity contribution in [2.24, 2.45) is 0 Å². The number of carbonyl (C=O) groups is 1. The van der Waals surface area contributed by atoms with Gasteiger partial charge in [-0.1, -0.05) is 0 Å². The van der Waals surface area contributed by atoms with Crippen LogP contribution in [0.25, 0.3) is 0 Å². The molecule has 6 nitrogen and oxygen atoms in total. The minimum Gasteiger partial charge on any atom is -0.467 e. The third-order valence-electron chi connectivity index (χ3n) is 1.96. The summed E-state index contributed by atoms with van der Waals surface area (Å²) in [7, 11) is 1.23. The first kappa shape index (κ1) is 11.4. The maximum Gasteiger partial charge on any atom is 0.337 e. The first-order chi connectivity index (χ1) is 6.56. The Morgan fingerprint density at radius 3 is 2.79 bits per heavy atom. The number of carbonyl (C=O) groups excluding carboxylic acids is 1. The molecule has 82 valence electrons. The lowest BCUT2D eigenvalue weighted by Crippen LogP contribution is -2.51. The summed E-state index contributed by atoms with van der Waals surface area (Å²) in [5, 5.41) is 18.5. The summed E-state index contributed by atoms with van der Waals surface area (Å²) in [4.78, 5) is 11.1. The van der Waals surface area contributed by atoms with Crippen molar-refractivity contribution in [1.29, 1.82) is 0 Å². The van der Waals surface area contributed by atoms with Crippen LogP contribution in [0.3, 0.4) is 0 Å². The van der Waals surface area contributed by atoms with Crippen LogP contribution < -0.4 is 0 Å². The molecule has 0 aromatic rings. The zero-order chi connectivity index (χ0) is 10.7. The summed E-state index contributed by atoms with van der Waals surface area (Å²) in [6, 6.07) is 0. The Morgan fingerprint density at radius 2 is 2.29 bits per heavy atom. The van der Waals surface area contributed by atoms with Gasteiger partial charge in [-0.15, -0.1) is 0 Å². The van der Waals surface area contributed by atoms with Crippen LogP contribution in [0.5, 0.6) is 0 Å². The lowest BCUT2D eigenvalue weighted by molar-refractivity contribution is -0.270. The largest absolute Gasteiger partial charge is 0.467 e. The second-order valence-electron chi connectivity index (χ2n) is 3.08. The van der Waals surface area contributed by atoms with Gasteiger partial charge in [0.25, 0.3) is 0 Å². The average Bonchev–Trinajstić information content (AvgIpc) is 2.17. The highest BCUT2D eigenvalue weighted by Gasteiger charge is 2.37. The van der Waals surface area contributed by atoms with E-state index < -0.39 is 30.6 Å².